The van der Waals surface area contributed by atoms with Crippen molar-refractivity contribution in [2.24, 2.45) is 0 Å². The van der Waals surface area contributed by atoms with Crippen molar-refractivity contribution in [3.63, 3.8) is 0 Å². The van der Waals surface area contributed by atoms with Gasteiger partial charge < -0.3 is 10.6 Å². The van der Waals surface area contributed by atoms with Gasteiger partial charge in [0.15, 0.2) is 0 Å². The Bertz CT molecular complexity index is 1110. The predicted molar refractivity (Wildman–Crippen MR) is 125 cm³/mol. The molecule has 2 heterocycles. The van der Waals surface area contributed by atoms with Crippen LogP contribution >= 0.6 is 0 Å². The molecule has 1 aromatic heterocycles. The molecule has 1 atom stereocenters. The van der Waals surface area contributed by atoms with E-state index in [-0.39, 0.29) is 6.04 Å². The van der Waals surface area contributed by atoms with Crippen molar-refractivity contribution < 1.29 is 9.59 Å². The summed E-state index contributed by atoms with van der Waals surface area (Å²) in [5.41, 5.74) is 6.35. The number of hydrogen-bond donors (Lipinski definition) is 2. The fourth-order valence-electron chi connectivity index (χ4n) is 4.22. The van der Waals surface area contributed by atoms with E-state index < -0.39 is 11.8 Å². The Labute approximate surface area is 188 Å². The highest BCUT2D eigenvalue weighted by molar-refractivity contribution is 6.39. The van der Waals surface area contributed by atoms with Gasteiger partial charge in [0.2, 0.25) is 0 Å². The van der Waals surface area contributed by atoms with E-state index in [1.807, 2.05) is 50.4 Å². The van der Waals surface area contributed by atoms with E-state index in [1.54, 1.807) is 6.20 Å². The van der Waals surface area contributed by atoms with Crippen molar-refractivity contribution in [3.8, 4) is 0 Å². The lowest BCUT2D eigenvalue weighted by molar-refractivity contribution is -0.136. The molecule has 1 aliphatic rings. The maximum Gasteiger partial charge on any atom is 0.313 e. The van der Waals surface area contributed by atoms with Crippen LogP contribution in [0.5, 0.6) is 0 Å². The molecule has 0 saturated carbocycles. The van der Waals surface area contributed by atoms with Crippen LogP contribution in [-0.2, 0) is 22.6 Å². The molecule has 6 nitrogen and oxygen atoms in total. The van der Waals surface area contributed by atoms with E-state index >= 15 is 0 Å². The van der Waals surface area contributed by atoms with Crippen molar-refractivity contribution in [2.45, 2.75) is 32.9 Å². The Morgan fingerprint density at radius 3 is 2.59 bits per heavy atom. The van der Waals surface area contributed by atoms with Gasteiger partial charge in [0.25, 0.3) is 0 Å². The number of carbonyl (C=O) groups excluding carboxylic acids is 2. The molecule has 2 aromatic carbocycles. The van der Waals surface area contributed by atoms with Crippen molar-refractivity contribution in [2.75, 3.05) is 18.4 Å². The Morgan fingerprint density at radius 2 is 1.84 bits per heavy atom. The summed E-state index contributed by atoms with van der Waals surface area (Å²) in [5, 5.41) is 5.55. The van der Waals surface area contributed by atoms with E-state index in [0.29, 0.717) is 12.2 Å². The van der Waals surface area contributed by atoms with E-state index in [0.717, 1.165) is 36.2 Å². The van der Waals surface area contributed by atoms with Crippen molar-refractivity contribution in [3.05, 3.63) is 94.8 Å². The molecule has 6 heteroatoms. The zero-order chi connectivity index (χ0) is 22.5. The molecule has 2 amide bonds. The molecule has 0 aliphatic carbocycles. The summed E-state index contributed by atoms with van der Waals surface area (Å²) < 4.78 is 0. The maximum absolute atomic E-state index is 12.6. The highest BCUT2D eigenvalue weighted by Gasteiger charge is 2.26. The lowest BCUT2D eigenvalue weighted by atomic mass is 9.97. The van der Waals surface area contributed by atoms with Gasteiger partial charge in [-0.1, -0.05) is 48.0 Å². The summed E-state index contributed by atoms with van der Waals surface area (Å²) in [6, 6.07) is 18.0. The first-order valence-corrected chi connectivity index (χ1v) is 10.9. The molecule has 0 bridgehead atoms. The molecule has 0 fully saturated rings. The van der Waals surface area contributed by atoms with Gasteiger partial charge in [0, 0.05) is 37.7 Å². The van der Waals surface area contributed by atoms with Gasteiger partial charge in [0.05, 0.1) is 6.04 Å². The van der Waals surface area contributed by atoms with Crippen LogP contribution in [0.3, 0.4) is 0 Å². The van der Waals surface area contributed by atoms with E-state index in [9.17, 15) is 9.59 Å². The third-order valence-corrected chi connectivity index (χ3v) is 5.96. The topological polar surface area (TPSA) is 74.3 Å². The fourth-order valence-corrected chi connectivity index (χ4v) is 4.22. The Morgan fingerprint density at radius 1 is 1.03 bits per heavy atom. The second-order valence-electron chi connectivity index (χ2n) is 8.27. The van der Waals surface area contributed by atoms with Gasteiger partial charge in [-0.2, -0.15) is 0 Å². The van der Waals surface area contributed by atoms with Crippen LogP contribution in [0.2, 0.25) is 0 Å². The summed E-state index contributed by atoms with van der Waals surface area (Å²) >= 11 is 0. The second kappa shape index (κ2) is 9.75. The minimum absolute atomic E-state index is 0.0742. The largest absolute Gasteiger partial charge is 0.346 e. The molecule has 1 aliphatic heterocycles. The van der Waals surface area contributed by atoms with E-state index in [1.165, 1.54) is 11.1 Å². The van der Waals surface area contributed by atoms with E-state index in [4.69, 9.17) is 0 Å². The van der Waals surface area contributed by atoms with Gasteiger partial charge in [0.1, 0.15) is 0 Å². The number of rotatable bonds is 5. The summed E-state index contributed by atoms with van der Waals surface area (Å²) in [5.74, 6) is -1.30. The zero-order valence-electron chi connectivity index (χ0n) is 18.5. The molecule has 2 N–H and O–H groups in total. The molecule has 164 valence electrons. The average Bonchev–Trinajstić information content (AvgIpc) is 2.81. The van der Waals surface area contributed by atoms with Crippen LogP contribution in [0.25, 0.3) is 0 Å². The van der Waals surface area contributed by atoms with Crippen LogP contribution in [0, 0.1) is 13.8 Å². The number of pyridine rings is 1. The normalized spacial score (nSPS) is 14.3. The number of fused-ring (bicyclic) bond motifs is 1. The van der Waals surface area contributed by atoms with Crippen molar-refractivity contribution >= 4 is 17.5 Å². The van der Waals surface area contributed by atoms with Crippen LogP contribution in [-0.4, -0.2) is 34.8 Å². The number of anilines is 1. The number of aryl methyl sites for hydroxylation is 2. The number of aromatic nitrogens is 1. The Hall–Kier alpha value is -3.51. The molecule has 32 heavy (non-hydrogen) atoms. The second-order valence-corrected chi connectivity index (χ2v) is 8.27. The summed E-state index contributed by atoms with van der Waals surface area (Å²) in [7, 11) is 0. The first kappa shape index (κ1) is 21.7. The third-order valence-electron chi connectivity index (χ3n) is 5.96. The molecule has 0 saturated heterocycles. The van der Waals surface area contributed by atoms with Gasteiger partial charge >= 0.3 is 11.8 Å². The number of amides is 2. The molecule has 0 spiro atoms. The molecule has 4 rings (SSSR count). The quantitative estimate of drug-likeness (QED) is 0.610. The van der Waals surface area contributed by atoms with Crippen molar-refractivity contribution in [1.29, 1.82) is 0 Å². The fraction of sp³-hybridized carbons (Fsp3) is 0.269. The number of nitrogens with zero attached hydrogens (tertiary/aromatic N) is 2. The summed E-state index contributed by atoms with van der Waals surface area (Å²) in [4.78, 5) is 31.7. The molecular formula is C26H28N4O2. The highest BCUT2D eigenvalue weighted by atomic mass is 16.2. The van der Waals surface area contributed by atoms with Crippen LogP contribution in [0.15, 0.2) is 67.0 Å². The van der Waals surface area contributed by atoms with Gasteiger partial charge in [-0.3, -0.25) is 19.5 Å². The lowest BCUT2D eigenvalue weighted by Gasteiger charge is -2.35. The van der Waals surface area contributed by atoms with Crippen LogP contribution < -0.4 is 10.6 Å². The Balaban J connectivity index is 1.45. The first-order chi connectivity index (χ1) is 15.5. The summed E-state index contributed by atoms with van der Waals surface area (Å²) in [6.07, 6.45) is 4.52. The average molecular weight is 429 g/mol. The predicted octanol–water partition coefficient (Wildman–Crippen LogP) is 3.55. The molecule has 0 unspecified atom stereocenters. The number of nitrogens with one attached hydrogen (secondary N) is 2. The zero-order valence-corrected chi connectivity index (χ0v) is 18.5. The number of carbonyl (C=O) groups is 2. The molecule has 3 aromatic rings. The van der Waals surface area contributed by atoms with Crippen LogP contribution in [0.1, 0.15) is 33.9 Å². The van der Waals surface area contributed by atoms with Gasteiger partial charge in [-0.25, -0.2) is 0 Å². The third kappa shape index (κ3) is 5.03. The Kier molecular flexibility index (Phi) is 6.61. The summed E-state index contributed by atoms with van der Waals surface area (Å²) in [6.45, 7) is 5.89. The smallest absolute Gasteiger partial charge is 0.313 e. The minimum atomic E-state index is -0.661. The van der Waals surface area contributed by atoms with Gasteiger partial charge in [-0.05, 0) is 54.7 Å². The molecular weight excluding hydrogens is 400 g/mol. The van der Waals surface area contributed by atoms with E-state index in [2.05, 4.69) is 44.8 Å². The van der Waals surface area contributed by atoms with Crippen molar-refractivity contribution in [1.82, 2.24) is 15.2 Å². The number of hydrogen-bond acceptors (Lipinski definition) is 4. The SMILES string of the molecule is Cc1ccc(NC(=O)C(=O)NC[C@@H](c2cccnc2)N2CCc3ccccc3C2)c(C)c1. The molecule has 0 radical (unpaired) electrons. The minimum Gasteiger partial charge on any atom is -0.346 e. The van der Waals surface area contributed by atoms with Crippen LogP contribution in [0.4, 0.5) is 5.69 Å². The van der Waals surface area contributed by atoms with Gasteiger partial charge in [-0.15, -0.1) is 0 Å². The first-order valence-electron chi connectivity index (χ1n) is 10.9. The monoisotopic (exact) mass is 428 g/mol. The highest BCUT2D eigenvalue weighted by Crippen LogP contribution is 2.27. The number of benzene rings is 2. The maximum atomic E-state index is 12.6. The standard InChI is InChI=1S/C26H28N4O2/c1-18-9-10-23(19(2)14-18)29-26(32)25(31)28-16-24(21-8-5-12-27-15-21)30-13-11-20-6-3-4-7-22(20)17-30/h3-10,12,14-15,24H,11,13,16-17H2,1-2H3,(H,28,31)(H,29,32)/t24-/m0/s1. The lowest BCUT2D eigenvalue weighted by Crippen LogP contribution is -2.43.